The van der Waals surface area contributed by atoms with Gasteiger partial charge >= 0.3 is 0 Å². The molecule has 0 aliphatic rings. The molecule has 3 N–H and O–H groups in total. The smallest absolute Gasteiger partial charge is 0.132 e. The van der Waals surface area contributed by atoms with Crippen LogP contribution in [0.4, 0.5) is 4.39 Å². The lowest BCUT2D eigenvalue weighted by Gasteiger charge is -1.99. The van der Waals surface area contributed by atoms with Gasteiger partial charge in [0.15, 0.2) is 0 Å². The second-order valence-electron chi connectivity index (χ2n) is 4.38. The average molecular weight is 247 g/mol. The van der Waals surface area contributed by atoms with E-state index in [4.69, 9.17) is 5.73 Å². The molecule has 0 atom stereocenters. The van der Waals surface area contributed by atoms with Crippen molar-refractivity contribution in [2.45, 2.75) is 26.2 Å². The van der Waals surface area contributed by atoms with Crippen molar-refractivity contribution in [1.82, 2.24) is 9.97 Å². The third-order valence-electron chi connectivity index (χ3n) is 2.93. The number of hydrogen-bond donors (Lipinski definition) is 2. The van der Waals surface area contributed by atoms with E-state index in [9.17, 15) is 4.39 Å². The molecule has 4 heteroatoms. The summed E-state index contributed by atoms with van der Waals surface area (Å²) >= 11 is 0. The number of nitrogens with zero attached hydrogens (tertiary/aromatic N) is 1. The molecule has 0 spiro atoms. The second-order valence-corrected chi connectivity index (χ2v) is 4.38. The fourth-order valence-corrected chi connectivity index (χ4v) is 1.99. The molecule has 0 saturated carbocycles. The molecule has 0 aliphatic carbocycles. The Morgan fingerprint density at radius 2 is 2.06 bits per heavy atom. The average Bonchev–Trinajstić information content (AvgIpc) is 2.71. The van der Waals surface area contributed by atoms with Crippen LogP contribution >= 0.6 is 0 Å². The highest BCUT2D eigenvalue weighted by Crippen LogP contribution is 2.24. The van der Waals surface area contributed by atoms with Crippen LogP contribution in [0.1, 0.15) is 24.4 Å². The van der Waals surface area contributed by atoms with Crippen molar-refractivity contribution in [1.29, 1.82) is 0 Å². The van der Waals surface area contributed by atoms with E-state index in [1.807, 2.05) is 13.0 Å². The quantitative estimate of drug-likeness (QED) is 0.798. The number of benzene rings is 1. The fourth-order valence-electron chi connectivity index (χ4n) is 1.99. The van der Waals surface area contributed by atoms with Crippen molar-refractivity contribution in [3.8, 4) is 11.3 Å². The Labute approximate surface area is 106 Å². The number of imidazole rings is 1. The van der Waals surface area contributed by atoms with Crippen molar-refractivity contribution in [2.75, 3.05) is 6.54 Å². The maximum Gasteiger partial charge on any atom is 0.132 e. The molecule has 2 aromatic rings. The molecule has 0 saturated heterocycles. The summed E-state index contributed by atoms with van der Waals surface area (Å²) in [5, 5.41) is 0. The molecular weight excluding hydrogens is 229 g/mol. The lowest BCUT2D eigenvalue weighted by Crippen LogP contribution is -1.99. The van der Waals surface area contributed by atoms with Crippen LogP contribution in [0.25, 0.3) is 11.3 Å². The van der Waals surface area contributed by atoms with Crippen LogP contribution in [0.2, 0.25) is 0 Å². The summed E-state index contributed by atoms with van der Waals surface area (Å²) in [5.74, 6) is 0.666. The lowest BCUT2D eigenvalue weighted by atomic mass is 10.1. The zero-order chi connectivity index (χ0) is 13.0. The first kappa shape index (κ1) is 12.8. The first-order valence-electron chi connectivity index (χ1n) is 6.23. The van der Waals surface area contributed by atoms with Gasteiger partial charge in [-0.3, -0.25) is 0 Å². The molecule has 0 amide bonds. The maximum atomic E-state index is 13.7. The van der Waals surface area contributed by atoms with E-state index < -0.39 is 0 Å². The van der Waals surface area contributed by atoms with Crippen molar-refractivity contribution in [3.05, 3.63) is 41.6 Å². The van der Waals surface area contributed by atoms with Gasteiger partial charge in [0.25, 0.3) is 0 Å². The summed E-state index contributed by atoms with van der Waals surface area (Å²) in [6.45, 7) is 2.61. The standard InChI is InChI=1S/C14H18FN3/c1-10-14(11-6-2-3-7-12(11)15)18-13(17-10)8-4-5-9-16/h2-3,6-7H,4-5,8-9,16H2,1H3,(H,17,18). The van der Waals surface area contributed by atoms with Crippen molar-refractivity contribution in [3.63, 3.8) is 0 Å². The fraction of sp³-hybridized carbons (Fsp3) is 0.357. The molecule has 0 bridgehead atoms. The van der Waals surface area contributed by atoms with Crippen LogP contribution in [0.3, 0.4) is 0 Å². The molecule has 0 unspecified atom stereocenters. The van der Waals surface area contributed by atoms with Crippen LogP contribution in [0, 0.1) is 12.7 Å². The Bertz CT molecular complexity index is 520. The van der Waals surface area contributed by atoms with Gasteiger partial charge in [-0.05, 0) is 38.4 Å². The van der Waals surface area contributed by atoms with Gasteiger partial charge in [-0.25, -0.2) is 9.37 Å². The number of halogens is 1. The molecule has 0 radical (unpaired) electrons. The van der Waals surface area contributed by atoms with Crippen molar-refractivity contribution < 1.29 is 4.39 Å². The summed E-state index contributed by atoms with van der Waals surface area (Å²) in [4.78, 5) is 7.69. The van der Waals surface area contributed by atoms with E-state index >= 15 is 0 Å². The molecule has 2 rings (SSSR count). The Kier molecular flexibility index (Phi) is 4.10. The number of nitrogens with two attached hydrogens (primary N) is 1. The predicted octanol–water partition coefficient (Wildman–Crippen LogP) is 2.81. The highest BCUT2D eigenvalue weighted by Gasteiger charge is 2.12. The molecule has 0 fully saturated rings. The van der Waals surface area contributed by atoms with Crippen molar-refractivity contribution in [2.24, 2.45) is 5.73 Å². The number of H-pyrrole nitrogens is 1. The number of rotatable bonds is 5. The maximum absolute atomic E-state index is 13.7. The minimum absolute atomic E-state index is 0.236. The molecule has 1 heterocycles. The van der Waals surface area contributed by atoms with E-state index in [0.717, 1.165) is 30.8 Å². The monoisotopic (exact) mass is 247 g/mol. The number of unbranched alkanes of at least 4 members (excludes halogenated alkanes) is 1. The van der Waals surface area contributed by atoms with Crippen LogP contribution < -0.4 is 5.73 Å². The minimum atomic E-state index is -0.236. The number of aromatic nitrogens is 2. The van der Waals surface area contributed by atoms with Gasteiger partial charge in [-0.1, -0.05) is 12.1 Å². The van der Waals surface area contributed by atoms with E-state index in [1.165, 1.54) is 6.07 Å². The first-order chi connectivity index (χ1) is 8.72. The van der Waals surface area contributed by atoms with Gasteiger partial charge in [-0.15, -0.1) is 0 Å². The number of hydrogen-bond acceptors (Lipinski definition) is 2. The SMILES string of the molecule is Cc1[nH]c(CCCCN)nc1-c1ccccc1F. The van der Waals surface area contributed by atoms with Crippen LogP contribution in [0.15, 0.2) is 24.3 Å². The second kappa shape index (κ2) is 5.78. The van der Waals surface area contributed by atoms with Gasteiger partial charge < -0.3 is 10.7 Å². The van der Waals surface area contributed by atoms with Crippen LogP contribution in [-0.2, 0) is 6.42 Å². The Morgan fingerprint density at radius 1 is 1.28 bits per heavy atom. The van der Waals surface area contributed by atoms with E-state index in [0.29, 0.717) is 17.8 Å². The van der Waals surface area contributed by atoms with Crippen LogP contribution in [-0.4, -0.2) is 16.5 Å². The summed E-state index contributed by atoms with van der Waals surface area (Å²) in [7, 11) is 0. The number of aromatic amines is 1. The largest absolute Gasteiger partial charge is 0.346 e. The summed E-state index contributed by atoms with van der Waals surface area (Å²) in [5.41, 5.74) is 7.62. The van der Waals surface area contributed by atoms with Gasteiger partial charge in [0.05, 0.1) is 5.69 Å². The third kappa shape index (κ3) is 2.76. The topological polar surface area (TPSA) is 54.7 Å². The van der Waals surface area contributed by atoms with E-state index in [-0.39, 0.29) is 5.82 Å². The summed E-state index contributed by atoms with van der Waals surface area (Å²) in [6, 6.07) is 6.71. The Hall–Kier alpha value is -1.68. The summed E-state index contributed by atoms with van der Waals surface area (Å²) < 4.78 is 13.7. The molecular formula is C14H18FN3. The van der Waals surface area contributed by atoms with Gasteiger partial charge in [0, 0.05) is 17.7 Å². The number of aryl methyl sites for hydroxylation is 2. The van der Waals surface area contributed by atoms with Gasteiger partial charge in [0.2, 0.25) is 0 Å². The Balaban J connectivity index is 2.22. The highest BCUT2D eigenvalue weighted by molar-refractivity contribution is 5.62. The minimum Gasteiger partial charge on any atom is -0.346 e. The van der Waals surface area contributed by atoms with Crippen molar-refractivity contribution >= 4 is 0 Å². The normalized spacial score (nSPS) is 10.8. The highest BCUT2D eigenvalue weighted by atomic mass is 19.1. The molecule has 96 valence electrons. The zero-order valence-corrected chi connectivity index (χ0v) is 10.5. The molecule has 18 heavy (non-hydrogen) atoms. The first-order valence-corrected chi connectivity index (χ1v) is 6.23. The predicted molar refractivity (Wildman–Crippen MR) is 70.7 cm³/mol. The third-order valence-corrected chi connectivity index (χ3v) is 2.93. The number of nitrogens with one attached hydrogen (secondary N) is 1. The van der Waals surface area contributed by atoms with Gasteiger partial charge in [0.1, 0.15) is 11.6 Å². The van der Waals surface area contributed by atoms with E-state index in [2.05, 4.69) is 9.97 Å². The van der Waals surface area contributed by atoms with E-state index in [1.54, 1.807) is 12.1 Å². The molecule has 1 aromatic carbocycles. The lowest BCUT2D eigenvalue weighted by molar-refractivity contribution is 0.630. The molecule has 1 aromatic heterocycles. The van der Waals surface area contributed by atoms with Gasteiger partial charge in [-0.2, -0.15) is 0 Å². The van der Waals surface area contributed by atoms with Crippen LogP contribution in [0.5, 0.6) is 0 Å². The molecule has 0 aliphatic heterocycles. The molecule has 3 nitrogen and oxygen atoms in total. The zero-order valence-electron chi connectivity index (χ0n) is 10.5. The Morgan fingerprint density at radius 3 is 2.78 bits per heavy atom. The summed E-state index contributed by atoms with van der Waals surface area (Å²) in [6.07, 6.45) is 2.83.